The number of allylic oxidation sites excluding steroid dienone is 5. The smallest absolute Gasteiger partial charge is 0.163 e. The molecule has 1 nitrogen and oxygen atoms in total. The van der Waals surface area contributed by atoms with Gasteiger partial charge in [0.25, 0.3) is 0 Å². The number of rotatable bonds is 5. The fourth-order valence-electron chi connectivity index (χ4n) is 3.63. The van der Waals surface area contributed by atoms with Crippen LogP contribution in [0.5, 0.6) is 0 Å². The van der Waals surface area contributed by atoms with Crippen LogP contribution in [-0.2, 0) is 4.79 Å². The number of carbonyl (C=O) groups is 1. The molecule has 0 atom stereocenters. The van der Waals surface area contributed by atoms with E-state index in [0.29, 0.717) is 18.1 Å². The Labute approximate surface area is 131 Å². The molecule has 0 aliphatic heterocycles. The summed E-state index contributed by atoms with van der Waals surface area (Å²) in [5.74, 6) is 0.681. The van der Waals surface area contributed by atoms with E-state index in [2.05, 4.69) is 55.0 Å². The lowest BCUT2D eigenvalue weighted by molar-refractivity contribution is -0.117. The van der Waals surface area contributed by atoms with E-state index in [1.807, 2.05) is 0 Å². The van der Waals surface area contributed by atoms with Gasteiger partial charge < -0.3 is 0 Å². The number of Topliss-reactive ketones (excluding diaryl/α,β-unsaturated/α-hetero) is 1. The number of hydrogen-bond acceptors (Lipinski definition) is 1. The number of ketones is 1. The zero-order valence-electron chi connectivity index (χ0n) is 15.0. The average molecular weight is 288 g/mol. The second-order valence-electron chi connectivity index (χ2n) is 7.67. The van der Waals surface area contributed by atoms with Crippen LogP contribution in [0.15, 0.2) is 34.4 Å². The minimum Gasteiger partial charge on any atom is -0.294 e. The molecular weight excluding hydrogens is 256 g/mol. The molecule has 1 rings (SSSR count). The Morgan fingerprint density at radius 2 is 1.86 bits per heavy atom. The third-order valence-electron chi connectivity index (χ3n) is 4.28. The largest absolute Gasteiger partial charge is 0.294 e. The Morgan fingerprint density at radius 1 is 1.29 bits per heavy atom. The fraction of sp³-hybridized carbons (Fsp3) is 0.650. The summed E-state index contributed by atoms with van der Waals surface area (Å²) in [4.78, 5) is 12.8. The van der Waals surface area contributed by atoms with Crippen LogP contribution in [0, 0.1) is 11.3 Å². The molecule has 0 aromatic rings. The van der Waals surface area contributed by atoms with E-state index in [9.17, 15) is 4.79 Å². The van der Waals surface area contributed by atoms with Crippen molar-refractivity contribution in [2.75, 3.05) is 0 Å². The summed E-state index contributed by atoms with van der Waals surface area (Å²) in [6, 6.07) is 0. The molecule has 1 heteroatoms. The molecule has 0 N–H and O–H groups in total. The van der Waals surface area contributed by atoms with E-state index in [-0.39, 0.29) is 5.41 Å². The average Bonchev–Trinajstić information content (AvgIpc) is 2.29. The van der Waals surface area contributed by atoms with Crippen molar-refractivity contribution in [3.05, 3.63) is 34.4 Å². The van der Waals surface area contributed by atoms with Gasteiger partial charge in [0.15, 0.2) is 5.78 Å². The van der Waals surface area contributed by atoms with E-state index in [4.69, 9.17) is 0 Å². The van der Waals surface area contributed by atoms with Gasteiger partial charge in [-0.2, -0.15) is 0 Å². The Bertz CT molecular complexity index is 498. The lowest BCUT2D eigenvalue weighted by Crippen LogP contribution is -2.27. The minimum absolute atomic E-state index is 0.0981. The highest BCUT2D eigenvalue weighted by atomic mass is 16.1. The van der Waals surface area contributed by atoms with Crippen molar-refractivity contribution in [1.82, 2.24) is 0 Å². The first-order valence-electron chi connectivity index (χ1n) is 8.23. The normalized spacial score (nSPS) is 19.9. The second kappa shape index (κ2) is 6.77. The molecule has 0 radical (unpaired) electrons. The summed E-state index contributed by atoms with van der Waals surface area (Å²) in [7, 11) is 0. The van der Waals surface area contributed by atoms with E-state index < -0.39 is 0 Å². The van der Waals surface area contributed by atoms with E-state index in [1.165, 1.54) is 16.7 Å². The molecule has 0 unspecified atom stereocenters. The van der Waals surface area contributed by atoms with Gasteiger partial charge in [0.2, 0.25) is 0 Å². The molecule has 21 heavy (non-hydrogen) atoms. The van der Waals surface area contributed by atoms with Gasteiger partial charge in [0.1, 0.15) is 0 Å². The summed E-state index contributed by atoms with van der Waals surface area (Å²) in [6.45, 7) is 19.3. The molecule has 0 fully saturated rings. The predicted molar refractivity (Wildman–Crippen MR) is 92.3 cm³/mol. The van der Waals surface area contributed by atoms with Crippen molar-refractivity contribution in [1.29, 1.82) is 0 Å². The van der Waals surface area contributed by atoms with Crippen molar-refractivity contribution in [3.8, 4) is 0 Å². The molecule has 0 heterocycles. The van der Waals surface area contributed by atoms with E-state index >= 15 is 0 Å². The van der Waals surface area contributed by atoms with Crippen molar-refractivity contribution < 1.29 is 4.79 Å². The maximum absolute atomic E-state index is 12.8. The SMILES string of the molecule is C=C(C)/C(CCC)=C(\C1=C(C)CC(C)(C)CC1=O)C(C)C. The van der Waals surface area contributed by atoms with Crippen LogP contribution >= 0.6 is 0 Å². The van der Waals surface area contributed by atoms with Gasteiger partial charge in [-0.25, -0.2) is 0 Å². The van der Waals surface area contributed by atoms with Crippen molar-refractivity contribution >= 4 is 5.78 Å². The molecule has 0 amide bonds. The molecule has 118 valence electrons. The predicted octanol–water partition coefficient (Wildman–Crippen LogP) is 6.02. The second-order valence-corrected chi connectivity index (χ2v) is 7.67. The highest BCUT2D eigenvalue weighted by molar-refractivity contribution is 6.02. The zero-order chi connectivity index (χ0) is 16.4. The van der Waals surface area contributed by atoms with Crippen molar-refractivity contribution in [3.63, 3.8) is 0 Å². The lowest BCUT2D eigenvalue weighted by atomic mass is 9.70. The monoisotopic (exact) mass is 288 g/mol. The van der Waals surface area contributed by atoms with E-state index in [0.717, 1.165) is 30.4 Å². The highest BCUT2D eigenvalue weighted by Crippen LogP contribution is 2.42. The quantitative estimate of drug-likeness (QED) is 0.565. The van der Waals surface area contributed by atoms with Crippen LogP contribution in [0.4, 0.5) is 0 Å². The molecule has 0 aromatic heterocycles. The van der Waals surface area contributed by atoms with Gasteiger partial charge >= 0.3 is 0 Å². The highest BCUT2D eigenvalue weighted by Gasteiger charge is 2.34. The lowest BCUT2D eigenvalue weighted by Gasteiger charge is -2.33. The summed E-state index contributed by atoms with van der Waals surface area (Å²) in [6.07, 6.45) is 3.77. The van der Waals surface area contributed by atoms with Crippen LogP contribution in [0.1, 0.15) is 74.1 Å². The molecule has 0 bridgehead atoms. The van der Waals surface area contributed by atoms with Crippen molar-refractivity contribution in [2.24, 2.45) is 11.3 Å². The zero-order valence-corrected chi connectivity index (χ0v) is 15.0. The summed E-state index contributed by atoms with van der Waals surface area (Å²) in [5.41, 5.74) is 6.03. The molecule has 0 saturated carbocycles. The maximum Gasteiger partial charge on any atom is 0.163 e. The van der Waals surface area contributed by atoms with Gasteiger partial charge in [0.05, 0.1) is 0 Å². The topological polar surface area (TPSA) is 17.1 Å². The van der Waals surface area contributed by atoms with Gasteiger partial charge in [-0.1, -0.05) is 58.8 Å². The first-order valence-corrected chi connectivity index (χ1v) is 8.23. The third-order valence-corrected chi connectivity index (χ3v) is 4.28. The Balaban J connectivity index is 3.51. The molecular formula is C20H32O. The minimum atomic E-state index is 0.0981. The van der Waals surface area contributed by atoms with Gasteiger partial charge in [-0.15, -0.1) is 0 Å². The van der Waals surface area contributed by atoms with Crippen LogP contribution in [-0.4, -0.2) is 5.78 Å². The summed E-state index contributed by atoms with van der Waals surface area (Å²) >= 11 is 0. The van der Waals surface area contributed by atoms with E-state index in [1.54, 1.807) is 0 Å². The first-order chi connectivity index (χ1) is 9.60. The molecule has 0 aromatic carbocycles. The molecule has 1 aliphatic rings. The molecule has 0 saturated heterocycles. The van der Waals surface area contributed by atoms with Gasteiger partial charge in [0, 0.05) is 12.0 Å². The Morgan fingerprint density at radius 3 is 2.24 bits per heavy atom. The van der Waals surface area contributed by atoms with Gasteiger partial charge in [-0.05, 0) is 49.2 Å². The van der Waals surface area contributed by atoms with Crippen LogP contribution < -0.4 is 0 Å². The standard InChI is InChI=1S/C20H32O/c1-9-10-16(13(2)3)18(14(4)5)19-15(6)11-20(7,8)12-17(19)21/h14H,2,9-12H2,1,3-8H3/b18-16-. The maximum atomic E-state index is 12.8. The number of hydrogen-bond donors (Lipinski definition) is 0. The first kappa shape index (κ1) is 17.9. The molecule has 0 spiro atoms. The van der Waals surface area contributed by atoms with Gasteiger partial charge in [-0.3, -0.25) is 4.79 Å². The number of carbonyl (C=O) groups excluding carboxylic acids is 1. The Hall–Kier alpha value is -1.11. The summed E-state index contributed by atoms with van der Waals surface area (Å²) < 4.78 is 0. The fourth-order valence-corrected chi connectivity index (χ4v) is 3.63. The Kier molecular flexibility index (Phi) is 5.78. The molecule has 1 aliphatic carbocycles. The van der Waals surface area contributed by atoms with Crippen LogP contribution in [0.3, 0.4) is 0 Å². The van der Waals surface area contributed by atoms with Crippen LogP contribution in [0.2, 0.25) is 0 Å². The summed E-state index contributed by atoms with van der Waals surface area (Å²) in [5, 5.41) is 0. The van der Waals surface area contributed by atoms with Crippen molar-refractivity contribution in [2.45, 2.75) is 74.1 Å². The third kappa shape index (κ3) is 4.18. The van der Waals surface area contributed by atoms with Crippen LogP contribution in [0.25, 0.3) is 0 Å².